The van der Waals surface area contributed by atoms with Gasteiger partial charge < -0.3 is 4.98 Å². The Morgan fingerprint density at radius 2 is 1.84 bits per heavy atom. The summed E-state index contributed by atoms with van der Waals surface area (Å²) in [6.07, 6.45) is 1.64. The monoisotopic (exact) mass is 268 g/mol. The van der Waals surface area contributed by atoms with E-state index in [1.165, 1.54) is 17.0 Å². The zero-order valence-electron chi connectivity index (χ0n) is 10.2. The van der Waals surface area contributed by atoms with Gasteiger partial charge in [-0.3, -0.25) is 9.36 Å². The van der Waals surface area contributed by atoms with Gasteiger partial charge in [-0.05, 0) is 17.3 Å². The van der Waals surface area contributed by atoms with Crippen LogP contribution in [0, 0.1) is 4.77 Å². The van der Waals surface area contributed by atoms with Gasteiger partial charge in [0.2, 0.25) is 0 Å². The molecule has 3 rings (SSSR count). The molecule has 0 unspecified atom stereocenters. The molecule has 4 heteroatoms. The van der Waals surface area contributed by atoms with E-state index in [0.717, 1.165) is 16.5 Å². The van der Waals surface area contributed by atoms with Crippen molar-refractivity contribution in [3.05, 3.63) is 69.9 Å². The SMILES string of the molecule is C=S=c1[nH]ccc(=O)n1-c1cccc2ccccc12. The van der Waals surface area contributed by atoms with Crippen molar-refractivity contribution in [2.45, 2.75) is 0 Å². The summed E-state index contributed by atoms with van der Waals surface area (Å²) < 4.78 is 2.36. The number of nitrogens with zero attached hydrogens (tertiary/aromatic N) is 1. The second-order valence-corrected chi connectivity index (χ2v) is 4.77. The van der Waals surface area contributed by atoms with Gasteiger partial charge in [0.1, 0.15) is 0 Å². The summed E-state index contributed by atoms with van der Waals surface area (Å²) in [5.41, 5.74) is 0.798. The number of aromatic nitrogens is 2. The van der Waals surface area contributed by atoms with E-state index in [1.807, 2.05) is 42.5 Å². The van der Waals surface area contributed by atoms with Gasteiger partial charge in [-0.2, -0.15) is 0 Å². The Morgan fingerprint density at radius 3 is 2.68 bits per heavy atom. The molecule has 0 bridgehead atoms. The Balaban J connectivity index is 2.51. The highest BCUT2D eigenvalue weighted by Gasteiger charge is 2.05. The summed E-state index contributed by atoms with van der Waals surface area (Å²) in [7, 11) is 1.27. The molecule has 0 aliphatic rings. The lowest BCUT2D eigenvalue weighted by atomic mass is 10.1. The van der Waals surface area contributed by atoms with Crippen molar-refractivity contribution >= 4 is 27.6 Å². The summed E-state index contributed by atoms with van der Waals surface area (Å²) in [4.78, 5) is 15.2. The number of hydrogen-bond donors (Lipinski definition) is 1. The first-order valence-corrected chi connectivity index (χ1v) is 6.84. The van der Waals surface area contributed by atoms with Gasteiger partial charge in [0.15, 0.2) is 4.77 Å². The van der Waals surface area contributed by atoms with Crippen LogP contribution in [0.5, 0.6) is 0 Å². The third-order valence-corrected chi connectivity index (χ3v) is 3.57. The molecule has 0 atom stereocenters. The van der Waals surface area contributed by atoms with Crippen molar-refractivity contribution in [1.82, 2.24) is 9.55 Å². The molecular formula is C15H12N2OS. The maximum Gasteiger partial charge on any atom is 0.258 e. The van der Waals surface area contributed by atoms with Crippen LogP contribution in [0.15, 0.2) is 59.5 Å². The fourth-order valence-electron chi connectivity index (χ4n) is 2.16. The standard InChI is InChI=1S/C15H12N2OS/c1-19-15-16-10-9-14(18)17(15)13-8-4-6-11-5-2-3-7-12(11)13/h2-10,16H,1H2. The van der Waals surface area contributed by atoms with E-state index in [1.54, 1.807) is 10.8 Å². The molecular weight excluding hydrogens is 256 g/mol. The smallest absolute Gasteiger partial charge is 0.258 e. The van der Waals surface area contributed by atoms with Gasteiger partial charge in [-0.15, -0.1) is 10.9 Å². The molecule has 0 spiro atoms. The molecule has 0 saturated heterocycles. The fourth-order valence-corrected chi connectivity index (χ4v) is 2.63. The summed E-state index contributed by atoms with van der Waals surface area (Å²) in [6, 6.07) is 15.5. The second-order valence-electron chi connectivity index (χ2n) is 4.10. The van der Waals surface area contributed by atoms with Crippen molar-refractivity contribution in [3.8, 4) is 5.69 Å². The lowest BCUT2D eigenvalue weighted by Crippen LogP contribution is -2.18. The van der Waals surface area contributed by atoms with Crippen LogP contribution in [0.4, 0.5) is 0 Å². The maximum absolute atomic E-state index is 12.1. The van der Waals surface area contributed by atoms with Crippen LogP contribution in [-0.2, 0) is 0 Å². The van der Waals surface area contributed by atoms with Crippen LogP contribution in [0.3, 0.4) is 0 Å². The molecule has 94 valence electrons. The summed E-state index contributed by atoms with van der Waals surface area (Å²) >= 11 is 0. The number of nitrogens with one attached hydrogen (secondary N) is 1. The number of rotatable bonds is 1. The molecule has 1 heterocycles. The van der Waals surface area contributed by atoms with Gasteiger partial charge >= 0.3 is 0 Å². The molecule has 3 nitrogen and oxygen atoms in total. The first-order chi connectivity index (χ1) is 9.31. The molecule has 1 aromatic heterocycles. The number of aromatic amines is 1. The van der Waals surface area contributed by atoms with E-state index < -0.39 is 0 Å². The molecule has 0 fully saturated rings. The molecule has 1 N–H and O–H groups in total. The Bertz CT molecular complexity index is 896. The first-order valence-electron chi connectivity index (χ1n) is 5.85. The van der Waals surface area contributed by atoms with Gasteiger partial charge in [-0.1, -0.05) is 36.4 Å². The van der Waals surface area contributed by atoms with Crippen LogP contribution in [0.25, 0.3) is 16.5 Å². The third-order valence-electron chi connectivity index (χ3n) is 3.00. The maximum atomic E-state index is 12.1. The lowest BCUT2D eigenvalue weighted by molar-refractivity contribution is 0.920. The van der Waals surface area contributed by atoms with Crippen molar-refractivity contribution in [2.24, 2.45) is 0 Å². The molecule has 2 aromatic carbocycles. The topological polar surface area (TPSA) is 37.8 Å². The second kappa shape index (κ2) is 4.74. The van der Waals surface area contributed by atoms with E-state index in [2.05, 4.69) is 10.9 Å². The van der Waals surface area contributed by atoms with Crippen molar-refractivity contribution < 1.29 is 0 Å². The average Bonchev–Trinajstić information content (AvgIpc) is 2.46. The number of H-pyrrole nitrogens is 1. The van der Waals surface area contributed by atoms with Gasteiger partial charge in [0, 0.05) is 17.6 Å². The molecule has 3 aromatic rings. The van der Waals surface area contributed by atoms with Crippen LogP contribution in [0.1, 0.15) is 0 Å². The Labute approximate surface area is 113 Å². The van der Waals surface area contributed by atoms with E-state index in [0.29, 0.717) is 4.77 Å². The first kappa shape index (κ1) is 11.7. The van der Waals surface area contributed by atoms with Crippen molar-refractivity contribution in [1.29, 1.82) is 0 Å². The number of hydrogen-bond acceptors (Lipinski definition) is 1. The molecule has 19 heavy (non-hydrogen) atoms. The highest BCUT2D eigenvalue weighted by atomic mass is 32.1. The predicted molar refractivity (Wildman–Crippen MR) is 81.9 cm³/mol. The summed E-state index contributed by atoms with van der Waals surface area (Å²) in [5, 5.41) is 2.15. The van der Waals surface area contributed by atoms with Crippen LogP contribution >= 0.6 is 10.9 Å². The number of benzene rings is 2. The summed E-state index contributed by atoms with van der Waals surface area (Å²) in [5.74, 6) is 3.79. The van der Waals surface area contributed by atoms with Crippen molar-refractivity contribution in [2.75, 3.05) is 0 Å². The van der Waals surface area contributed by atoms with Gasteiger partial charge in [0.25, 0.3) is 5.56 Å². The quantitative estimate of drug-likeness (QED) is 0.677. The van der Waals surface area contributed by atoms with Crippen LogP contribution < -0.4 is 5.56 Å². The minimum absolute atomic E-state index is 0.0683. The van der Waals surface area contributed by atoms with E-state index in [9.17, 15) is 4.79 Å². The van der Waals surface area contributed by atoms with E-state index >= 15 is 0 Å². The third kappa shape index (κ3) is 1.96. The average molecular weight is 268 g/mol. The Morgan fingerprint density at radius 1 is 1.05 bits per heavy atom. The largest absolute Gasteiger partial charge is 0.339 e. The molecule has 0 radical (unpaired) electrons. The summed E-state index contributed by atoms with van der Waals surface area (Å²) in [6.45, 7) is 0. The molecule has 0 aliphatic carbocycles. The van der Waals surface area contributed by atoms with Crippen LogP contribution in [-0.4, -0.2) is 15.4 Å². The van der Waals surface area contributed by atoms with Crippen molar-refractivity contribution in [3.63, 3.8) is 0 Å². The Kier molecular flexibility index (Phi) is 2.93. The minimum atomic E-state index is -0.0683. The number of fused-ring (bicyclic) bond motifs is 1. The zero-order valence-corrected chi connectivity index (χ0v) is 11.0. The van der Waals surface area contributed by atoms with E-state index in [-0.39, 0.29) is 5.56 Å². The highest BCUT2D eigenvalue weighted by Crippen LogP contribution is 2.20. The predicted octanol–water partition coefficient (Wildman–Crippen LogP) is 3.02. The zero-order chi connectivity index (χ0) is 13.2. The molecule has 0 saturated carbocycles. The van der Waals surface area contributed by atoms with E-state index in [4.69, 9.17) is 0 Å². The normalized spacial score (nSPS) is 10.5. The highest BCUT2D eigenvalue weighted by molar-refractivity contribution is 7.88. The fraction of sp³-hybridized carbons (Fsp3) is 0. The molecule has 0 amide bonds. The van der Waals surface area contributed by atoms with Gasteiger partial charge in [0.05, 0.1) is 5.69 Å². The molecule has 0 aliphatic heterocycles. The van der Waals surface area contributed by atoms with Crippen LogP contribution in [0.2, 0.25) is 0 Å². The minimum Gasteiger partial charge on any atom is -0.339 e. The Hall–Kier alpha value is -2.33. The van der Waals surface area contributed by atoms with Gasteiger partial charge in [-0.25, -0.2) is 0 Å². The lowest BCUT2D eigenvalue weighted by Gasteiger charge is -2.09.